The van der Waals surface area contributed by atoms with Crippen LogP contribution in [0.15, 0.2) is 17.5 Å². The summed E-state index contributed by atoms with van der Waals surface area (Å²) in [6.45, 7) is 2.52. The molecule has 3 rings (SSSR count). The number of likely N-dealkylation sites (tertiary alicyclic amines) is 1. The van der Waals surface area contributed by atoms with E-state index in [0.29, 0.717) is 30.7 Å². The summed E-state index contributed by atoms with van der Waals surface area (Å²) in [6.07, 6.45) is 2.81. The van der Waals surface area contributed by atoms with Crippen molar-refractivity contribution in [2.24, 2.45) is 0 Å². The molecule has 0 radical (unpaired) electrons. The maximum atomic E-state index is 12.0. The third-order valence-electron chi connectivity index (χ3n) is 4.18. The summed E-state index contributed by atoms with van der Waals surface area (Å²) in [5.41, 5.74) is 0. The summed E-state index contributed by atoms with van der Waals surface area (Å²) in [5.74, 6) is 0.779. The first-order chi connectivity index (χ1) is 12.1. The van der Waals surface area contributed by atoms with Crippen LogP contribution in [0.1, 0.15) is 25.7 Å². The molecule has 0 saturated carbocycles. The van der Waals surface area contributed by atoms with Crippen molar-refractivity contribution in [2.45, 2.75) is 32.2 Å². The fourth-order valence-corrected chi connectivity index (χ4v) is 3.80. The highest BCUT2D eigenvalue weighted by Crippen LogP contribution is 2.22. The summed E-state index contributed by atoms with van der Waals surface area (Å²) in [6, 6.07) is 3.92. The van der Waals surface area contributed by atoms with Gasteiger partial charge in [0.1, 0.15) is 0 Å². The van der Waals surface area contributed by atoms with E-state index in [0.717, 1.165) is 36.6 Å². The van der Waals surface area contributed by atoms with Crippen molar-refractivity contribution in [2.75, 3.05) is 19.6 Å². The number of H-pyrrole nitrogens is 1. The minimum atomic E-state index is -0.0885. The van der Waals surface area contributed by atoms with Crippen molar-refractivity contribution >= 4 is 35.4 Å². The maximum absolute atomic E-state index is 12.0. The molecule has 1 aliphatic rings. The van der Waals surface area contributed by atoms with Crippen LogP contribution in [0.25, 0.3) is 10.7 Å². The van der Waals surface area contributed by atoms with E-state index in [1.807, 2.05) is 27.0 Å². The lowest BCUT2D eigenvalue weighted by atomic mass is 10.3. The molecule has 0 aromatic carbocycles. The van der Waals surface area contributed by atoms with Gasteiger partial charge < -0.3 is 10.2 Å². The third kappa shape index (κ3) is 4.55. The lowest BCUT2D eigenvalue weighted by molar-refractivity contribution is -0.130. The first kappa shape index (κ1) is 17.8. The lowest BCUT2D eigenvalue weighted by Crippen LogP contribution is -2.33. The second-order valence-corrected chi connectivity index (χ2v) is 7.25. The number of hydrogen-bond acceptors (Lipinski definition) is 5. The van der Waals surface area contributed by atoms with Gasteiger partial charge in [0.05, 0.1) is 4.88 Å². The van der Waals surface area contributed by atoms with Crippen LogP contribution >= 0.6 is 23.6 Å². The van der Waals surface area contributed by atoms with Crippen molar-refractivity contribution in [3.8, 4) is 10.7 Å². The fourth-order valence-electron chi connectivity index (χ4n) is 2.85. The van der Waals surface area contributed by atoms with Crippen molar-refractivity contribution in [3.63, 3.8) is 0 Å². The number of amides is 2. The highest BCUT2D eigenvalue weighted by atomic mass is 32.1. The zero-order valence-corrected chi connectivity index (χ0v) is 15.5. The molecule has 9 heteroatoms. The van der Waals surface area contributed by atoms with E-state index in [4.69, 9.17) is 12.2 Å². The zero-order valence-electron chi connectivity index (χ0n) is 13.9. The molecule has 0 bridgehead atoms. The van der Waals surface area contributed by atoms with Gasteiger partial charge in [-0.05, 0) is 36.5 Å². The zero-order chi connectivity index (χ0) is 17.6. The van der Waals surface area contributed by atoms with Gasteiger partial charge in [-0.1, -0.05) is 6.07 Å². The number of hydrogen-bond donors (Lipinski definition) is 2. The van der Waals surface area contributed by atoms with Gasteiger partial charge in [-0.2, -0.15) is 5.10 Å². The van der Waals surface area contributed by atoms with E-state index in [1.54, 1.807) is 11.3 Å². The summed E-state index contributed by atoms with van der Waals surface area (Å²) in [5, 5.41) is 11.8. The van der Waals surface area contributed by atoms with E-state index >= 15 is 0 Å². The van der Waals surface area contributed by atoms with Crippen molar-refractivity contribution in [1.29, 1.82) is 0 Å². The molecule has 1 aliphatic heterocycles. The van der Waals surface area contributed by atoms with Gasteiger partial charge in [0.2, 0.25) is 11.8 Å². The number of thiophene rings is 1. The molecular weight excluding hydrogens is 358 g/mol. The summed E-state index contributed by atoms with van der Waals surface area (Å²) >= 11 is 6.82. The van der Waals surface area contributed by atoms with Crippen LogP contribution in [-0.4, -0.2) is 51.1 Å². The molecule has 0 atom stereocenters. The molecule has 0 spiro atoms. The first-order valence-corrected chi connectivity index (χ1v) is 9.67. The van der Waals surface area contributed by atoms with Crippen LogP contribution in [0.4, 0.5) is 0 Å². The summed E-state index contributed by atoms with van der Waals surface area (Å²) in [4.78, 5) is 26.8. The number of aromatic amines is 1. The molecule has 0 unspecified atom stereocenters. The summed E-state index contributed by atoms with van der Waals surface area (Å²) in [7, 11) is 0. The van der Waals surface area contributed by atoms with Gasteiger partial charge >= 0.3 is 0 Å². The Morgan fingerprint density at radius 1 is 1.32 bits per heavy atom. The van der Waals surface area contributed by atoms with Gasteiger partial charge in [-0.15, -0.1) is 11.3 Å². The van der Waals surface area contributed by atoms with Gasteiger partial charge in [-0.25, -0.2) is 0 Å². The molecule has 1 saturated heterocycles. The molecule has 0 aliphatic carbocycles. The predicted octanol–water partition coefficient (Wildman–Crippen LogP) is 2.19. The molecular formula is C16H21N5O2S2. The Labute approximate surface area is 155 Å². The van der Waals surface area contributed by atoms with Crippen molar-refractivity contribution in [3.05, 3.63) is 22.3 Å². The topological polar surface area (TPSA) is 83.0 Å². The Morgan fingerprint density at radius 2 is 2.12 bits per heavy atom. The SMILES string of the molecule is O=C(CCn1c(-c2cccs2)n[nH]c1=S)NCCC(=O)N1CCCC1. The van der Waals surface area contributed by atoms with Gasteiger partial charge in [0, 0.05) is 39.0 Å². The van der Waals surface area contributed by atoms with E-state index in [-0.39, 0.29) is 11.8 Å². The molecule has 2 aromatic rings. The van der Waals surface area contributed by atoms with Crippen LogP contribution in [0.3, 0.4) is 0 Å². The Balaban J connectivity index is 1.46. The molecule has 2 N–H and O–H groups in total. The average Bonchev–Trinajstić information content (AvgIpc) is 3.34. The molecule has 3 heterocycles. The number of nitrogens with one attached hydrogen (secondary N) is 2. The largest absolute Gasteiger partial charge is 0.356 e. The predicted molar refractivity (Wildman–Crippen MR) is 98.8 cm³/mol. The van der Waals surface area contributed by atoms with Crippen LogP contribution in [0.2, 0.25) is 0 Å². The van der Waals surface area contributed by atoms with Crippen LogP contribution < -0.4 is 5.32 Å². The standard InChI is InChI=1S/C16H21N5O2S2/c22-13(17-7-5-14(23)20-8-1-2-9-20)6-10-21-15(18-19-16(21)24)12-4-3-11-25-12/h3-4,11H,1-2,5-10H2,(H,17,22)(H,19,24). The van der Waals surface area contributed by atoms with E-state index in [2.05, 4.69) is 15.5 Å². The normalized spacial score (nSPS) is 14.0. The van der Waals surface area contributed by atoms with E-state index in [9.17, 15) is 9.59 Å². The minimum Gasteiger partial charge on any atom is -0.356 e. The molecule has 7 nitrogen and oxygen atoms in total. The maximum Gasteiger partial charge on any atom is 0.224 e. The van der Waals surface area contributed by atoms with Gasteiger partial charge in [0.25, 0.3) is 0 Å². The number of rotatable bonds is 7. The van der Waals surface area contributed by atoms with Gasteiger partial charge in [-0.3, -0.25) is 19.3 Å². The van der Waals surface area contributed by atoms with Crippen LogP contribution in [0, 0.1) is 4.77 Å². The highest BCUT2D eigenvalue weighted by Gasteiger charge is 2.17. The van der Waals surface area contributed by atoms with Crippen LogP contribution in [-0.2, 0) is 16.1 Å². The minimum absolute atomic E-state index is 0.0885. The van der Waals surface area contributed by atoms with Crippen molar-refractivity contribution < 1.29 is 9.59 Å². The lowest BCUT2D eigenvalue weighted by Gasteiger charge is -2.15. The quantitative estimate of drug-likeness (QED) is 0.723. The Hall–Kier alpha value is -2.00. The monoisotopic (exact) mass is 379 g/mol. The number of aromatic nitrogens is 3. The Morgan fingerprint density at radius 3 is 2.84 bits per heavy atom. The smallest absolute Gasteiger partial charge is 0.224 e. The number of carbonyl (C=O) groups excluding carboxylic acids is 2. The first-order valence-electron chi connectivity index (χ1n) is 8.38. The van der Waals surface area contributed by atoms with E-state index < -0.39 is 0 Å². The molecule has 134 valence electrons. The average molecular weight is 380 g/mol. The third-order valence-corrected chi connectivity index (χ3v) is 5.36. The highest BCUT2D eigenvalue weighted by molar-refractivity contribution is 7.71. The van der Waals surface area contributed by atoms with E-state index in [1.165, 1.54) is 0 Å². The Kier molecular flexibility index (Phi) is 5.98. The van der Waals surface area contributed by atoms with Gasteiger partial charge in [0.15, 0.2) is 10.6 Å². The number of nitrogens with zero attached hydrogens (tertiary/aromatic N) is 3. The second kappa shape index (κ2) is 8.39. The second-order valence-electron chi connectivity index (χ2n) is 5.92. The van der Waals surface area contributed by atoms with Crippen molar-refractivity contribution in [1.82, 2.24) is 25.0 Å². The number of carbonyl (C=O) groups is 2. The molecule has 1 fully saturated rings. The molecule has 2 aromatic heterocycles. The summed E-state index contributed by atoms with van der Waals surface area (Å²) < 4.78 is 2.33. The Bertz CT molecular complexity index is 775. The molecule has 25 heavy (non-hydrogen) atoms. The molecule has 2 amide bonds. The van der Waals surface area contributed by atoms with Crippen LogP contribution in [0.5, 0.6) is 0 Å². The fraction of sp³-hybridized carbons (Fsp3) is 0.500.